The van der Waals surface area contributed by atoms with E-state index in [1.54, 1.807) is 29.8 Å². The Morgan fingerprint density at radius 1 is 1.15 bits per heavy atom. The van der Waals surface area contributed by atoms with Gasteiger partial charge >= 0.3 is 0 Å². The molecule has 1 aromatic carbocycles. The minimum absolute atomic E-state index is 0.0885. The summed E-state index contributed by atoms with van der Waals surface area (Å²) in [5, 5.41) is 18.8. The summed E-state index contributed by atoms with van der Waals surface area (Å²) in [6.45, 7) is 0.355. The van der Waals surface area contributed by atoms with Crippen LogP contribution in [0.4, 0.5) is 8.78 Å². The zero-order valence-corrected chi connectivity index (χ0v) is 21.7. The largest absolute Gasteiger partial charge is 0.470 e. The van der Waals surface area contributed by atoms with Crippen LogP contribution >= 0.6 is 0 Å². The molecule has 4 heterocycles. The summed E-state index contributed by atoms with van der Waals surface area (Å²) in [6.07, 6.45) is 2.32. The molecule has 40 heavy (non-hydrogen) atoms. The number of ether oxygens (including phenoxy) is 2. The number of Topliss-reactive ketones (excluding diaryl/α,β-unsaturated/α-hetero) is 1. The van der Waals surface area contributed by atoms with Gasteiger partial charge in [-0.1, -0.05) is 23.4 Å². The Morgan fingerprint density at radius 3 is 2.77 bits per heavy atom. The van der Waals surface area contributed by atoms with Crippen LogP contribution < -0.4 is 4.74 Å². The molecule has 1 atom stereocenters. The van der Waals surface area contributed by atoms with Crippen LogP contribution in [0.15, 0.2) is 53.2 Å². The number of carbonyl (C=O) groups is 1. The van der Waals surface area contributed by atoms with E-state index >= 15 is 0 Å². The molecule has 0 radical (unpaired) electrons. The third-order valence-corrected chi connectivity index (χ3v) is 7.02. The fourth-order valence-corrected chi connectivity index (χ4v) is 5.09. The van der Waals surface area contributed by atoms with E-state index in [1.807, 2.05) is 24.3 Å². The maximum absolute atomic E-state index is 13.7. The predicted octanol–water partition coefficient (Wildman–Crippen LogP) is 5.45. The van der Waals surface area contributed by atoms with Crippen molar-refractivity contribution in [2.24, 2.45) is 5.92 Å². The van der Waals surface area contributed by atoms with Crippen LogP contribution in [0, 0.1) is 5.92 Å². The van der Waals surface area contributed by atoms with Crippen molar-refractivity contribution in [3.05, 3.63) is 65.7 Å². The number of hydrogen-bond acceptors (Lipinski definition) is 9. The molecule has 1 saturated carbocycles. The van der Waals surface area contributed by atoms with Crippen LogP contribution in [-0.2, 0) is 18.0 Å². The van der Waals surface area contributed by atoms with Crippen molar-refractivity contribution in [3.63, 3.8) is 0 Å². The molecule has 4 aromatic heterocycles. The first-order chi connectivity index (χ1) is 19.4. The third-order valence-electron chi connectivity index (χ3n) is 7.02. The van der Waals surface area contributed by atoms with Crippen molar-refractivity contribution in [3.8, 4) is 17.4 Å². The van der Waals surface area contributed by atoms with Gasteiger partial charge in [0.1, 0.15) is 13.2 Å². The van der Waals surface area contributed by atoms with Crippen molar-refractivity contribution in [2.45, 2.75) is 51.2 Å². The molecule has 0 saturated heterocycles. The maximum Gasteiger partial charge on any atom is 0.248 e. The predicted molar refractivity (Wildman–Crippen MR) is 139 cm³/mol. The number of benzene rings is 1. The fraction of sp³-hybridized carbons (Fsp3) is 0.357. The number of nitrogens with zero attached hydrogens (tertiary/aromatic N) is 6. The highest BCUT2D eigenvalue weighted by atomic mass is 19.3. The van der Waals surface area contributed by atoms with Gasteiger partial charge in [0.25, 0.3) is 0 Å². The highest BCUT2D eigenvalue weighted by molar-refractivity contribution is 5.97. The first-order valence-corrected chi connectivity index (χ1v) is 13.0. The van der Waals surface area contributed by atoms with Gasteiger partial charge in [0.05, 0.1) is 5.69 Å². The standard InChI is InChI=1S/C28H26F2N6O4/c1-38-16-20-12-23(35-40-20)26-33-32-25-21-6-2-3-7-22(21)27(34-36(25)26)39-15-19-9-8-18(14-31-19)24(37)11-17-5-4-10-28(29,30)13-17/h2-3,6-9,12,14,17H,4-5,10-11,13,15-16H2,1H3. The molecule has 1 unspecified atom stereocenters. The van der Waals surface area contributed by atoms with E-state index in [0.717, 1.165) is 10.8 Å². The first kappa shape index (κ1) is 25.9. The number of pyridine rings is 1. The normalized spacial score (nSPS) is 16.9. The lowest BCUT2D eigenvalue weighted by Gasteiger charge is -2.28. The zero-order chi connectivity index (χ0) is 27.7. The maximum atomic E-state index is 13.7. The Balaban J connectivity index is 1.21. The molecule has 0 aliphatic heterocycles. The molecule has 206 valence electrons. The Hall–Kier alpha value is -4.32. The summed E-state index contributed by atoms with van der Waals surface area (Å²) in [5.41, 5.74) is 1.96. The van der Waals surface area contributed by atoms with Gasteiger partial charge in [-0.05, 0) is 37.0 Å². The molecule has 1 fully saturated rings. The molecule has 0 bridgehead atoms. The number of fused-ring (bicyclic) bond motifs is 3. The average Bonchev–Trinajstić information content (AvgIpc) is 3.59. The van der Waals surface area contributed by atoms with Crippen molar-refractivity contribution >= 4 is 22.2 Å². The van der Waals surface area contributed by atoms with Crippen LogP contribution in [0.3, 0.4) is 0 Å². The van der Waals surface area contributed by atoms with Crippen LogP contribution in [0.2, 0.25) is 0 Å². The van der Waals surface area contributed by atoms with E-state index in [1.165, 1.54) is 6.20 Å². The van der Waals surface area contributed by atoms with E-state index in [-0.39, 0.29) is 44.2 Å². The van der Waals surface area contributed by atoms with Gasteiger partial charge in [-0.15, -0.1) is 15.3 Å². The van der Waals surface area contributed by atoms with Crippen LogP contribution in [-0.4, -0.2) is 48.8 Å². The number of halogens is 2. The molecule has 5 aromatic rings. The molecule has 10 nitrogen and oxygen atoms in total. The minimum atomic E-state index is -2.68. The van der Waals surface area contributed by atoms with Crippen molar-refractivity contribution in [1.29, 1.82) is 0 Å². The van der Waals surface area contributed by atoms with Gasteiger partial charge in [0.2, 0.25) is 17.6 Å². The smallest absolute Gasteiger partial charge is 0.248 e. The highest BCUT2D eigenvalue weighted by Gasteiger charge is 2.36. The summed E-state index contributed by atoms with van der Waals surface area (Å²) >= 11 is 0. The van der Waals surface area contributed by atoms with Crippen molar-refractivity contribution < 1.29 is 27.6 Å². The number of hydrogen-bond donors (Lipinski definition) is 0. The lowest BCUT2D eigenvalue weighted by Crippen LogP contribution is -2.27. The lowest BCUT2D eigenvalue weighted by atomic mass is 9.83. The van der Waals surface area contributed by atoms with Crippen LogP contribution in [0.1, 0.15) is 53.9 Å². The second-order valence-corrected chi connectivity index (χ2v) is 9.99. The molecule has 0 amide bonds. The Kier molecular flexibility index (Phi) is 6.93. The average molecular weight is 549 g/mol. The van der Waals surface area contributed by atoms with Crippen molar-refractivity contribution in [1.82, 2.24) is 30.0 Å². The third kappa shape index (κ3) is 5.26. The molecule has 12 heteroatoms. The Labute approximate surface area is 227 Å². The molecule has 0 N–H and O–H groups in total. The summed E-state index contributed by atoms with van der Waals surface area (Å²) in [4.78, 5) is 17.1. The van der Waals surface area contributed by atoms with E-state index in [9.17, 15) is 13.6 Å². The summed E-state index contributed by atoms with van der Waals surface area (Å²) in [7, 11) is 1.56. The van der Waals surface area contributed by atoms with Gasteiger partial charge in [0.15, 0.2) is 22.9 Å². The SMILES string of the molecule is COCc1cc(-c2nnc3c4ccccc4c(OCc4ccc(C(=O)CC5CCCC(F)(F)C5)cn4)nn23)no1. The number of alkyl halides is 2. The summed E-state index contributed by atoms with van der Waals surface area (Å²) < 4.78 is 45.5. The Morgan fingerprint density at radius 2 is 2.00 bits per heavy atom. The molecule has 0 spiro atoms. The van der Waals surface area contributed by atoms with E-state index in [2.05, 4.69) is 25.4 Å². The zero-order valence-electron chi connectivity index (χ0n) is 21.7. The van der Waals surface area contributed by atoms with E-state index < -0.39 is 5.92 Å². The van der Waals surface area contributed by atoms with Gasteiger partial charge in [0, 0.05) is 55.0 Å². The molecule has 6 rings (SSSR count). The highest BCUT2D eigenvalue weighted by Crippen LogP contribution is 2.38. The van der Waals surface area contributed by atoms with Crippen LogP contribution in [0.5, 0.6) is 5.88 Å². The number of ketones is 1. The summed E-state index contributed by atoms with van der Waals surface area (Å²) in [6, 6.07) is 12.6. The minimum Gasteiger partial charge on any atom is -0.470 e. The van der Waals surface area contributed by atoms with Gasteiger partial charge in [-0.2, -0.15) is 4.52 Å². The molecular formula is C28H26F2N6O4. The van der Waals surface area contributed by atoms with E-state index in [0.29, 0.717) is 52.9 Å². The molecule has 1 aliphatic rings. The fourth-order valence-electron chi connectivity index (χ4n) is 5.09. The first-order valence-electron chi connectivity index (χ1n) is 13.0. The van der Waals surface area contributed by atoms with Crippen molar-refractivity contribution in [2.75, 3.05) is 7.11 Å². The lowest BCUT2D eigenvalue weighted by molar-refractivity contribution is -0.0521. The molecule has 1 aliphatic carbocycles. The second-order valence-electron chi connectivity index (χ2n) is 9.99. The van der Waals surface area contributed by atoms with Crippen LogP contribution in [0.25, 0.3) is 27.9 Å². The second kappa shape index (κ2) is 10.7. The van der Waals surface area contributed by atoms with Gasteiger partial charge < -0.3 is 14.0 Å². The topological polar surface area (TPSA) is 118 Å². The van der Waals surface area contributed by atoms with E-state index in [4.69, 9.17) is 14.0 Å². The quantitative estimate of drug-likeness (QED) is 0.222. The molecular weight excluding hydrogens is 522 g/mol. The monoisotopic (exact) mass is 548 g/mol. The number of carbonyl (C=O) groups excluding carboxylic acids is 1. The summed E-state index contributed by atoms with van der Waals surface area (Å²) in [5.74, 6) is -1.91. The number of methoxy groups -OCH3 is 1. The van der Waals surface area contributed by atoms with Gasteiger partial charge in [-0.25, -0.2) is 8.78 Å². The number of rotatable bonds is 9. The number of aromatic nitrogens is 6. The Bertz CT molecular complexity index is 1670. The van der Waals surface area contributed by atoms with Gasteiger partial charge in [-0.3, -0.25) is 9.78 Å².